The van der Waals surface area contributed by atoms with Crippen molar-refractivity contribution in [3.05, 3.63) is 101 Å². The maximum atomic E-state index is 13.3. The molecule has 3 aromatic carbocycles. The summed E-state index contributed by atoms with van der Waals surface area (Å²) < 4.78 is 2.47. The number of para-hydroxylation sites is 1. The molecule has 0 fully saturated rings. The summed E-state index contributed by atoms with van der Waals surface area (Å²) in [7, 11) is 0. The molecule has 4 aromatic rings. The maximum absolute atomic E-state index is 13.3. The molecule has 0 aliphatic carbocycles. The first-order valence-electron chi connectivity index (χ1n) is 9.28. The van der Waals surface area contributed by atoms with Gasteiger partial charge in [0.25, 0.3) is 0 Å². The molecular weight excluding hydrogens is 439 g/mol. The van der Waals surface area contributed by atoms with Crippen LogP contribution in [0.25, 0.3) is 10.9 Å². The molecule has 0 spiro atoms. The first-order chi connectivity index (χ1) is 14.6. The second kappa shape index (κ2) is 8.40. The van der Waals surface area contributed by atoms with E-state index in [9.17, 15) is 14.7 Å². The van der Waals surface area contributed by atoms with Crippen LogP contribution in [0.1, 0.15) is 32.0 Å². The Morgan fingerprint density at radius 3 is 2.43 bits per heavy atom. The first-order valence-corrected chi connectivity index (χ1v) is 11.4. The van der Waals surface area contributed by atoms with Gasteiger partial charge in [-0.1, -0.05) is 0 Å². The normalized spacial score (nSPS) is 11.0. The van der Waals surface area contributed by atoms with E-state index in [1.807, 2.05) is 71.3 Å². The van der Waals surface area contributed by atoms with Gasteiger partial charge in [0.05, 0.1) is 0 Å². The molecule has 0 radical (unpaired) electrons. The first kappa shape index (κ1) is 19.7. The van der Waals surface area contributed by atoms with E-state index < -0.39 is 21.7 Å². The summed E-state index contributed by atoms with van der Waals surface area (Å²) in [5, 5.41) is 19.5. The molecule has 0 saturated carbocycles. The summed E-state index contributed by atoms with van der Waals surface area (Å²) in [4.78, 5) is 25.0. The van der Waals surface area contributed by atoms with Crippen molar-refractivity contribution in [3.63, 3.8) is 0 Å². The molecule has 5 nitrogen and oxygen atoms in total. The quantitative estimate of drug-likeness (QED) is 0.452. The average molecular weight is 456 g/mol. The summed E-state index contributed by atoms with van der Waals surface area (Å²) in [6, 6.07) is 26.1. The summed E-state index contributed by atoms with van der Waals surface area (Å²) in [5.41, 5.74) is 2.94. The molecule has 1 N–H and O–H groups in total. The number of nitrogens with zero attached hydrogens (tertiary/aromatic N) is 2. The number of nitriles is 1. The van der Waals surface area contributed by atoms with E-state index in [1.165, 1.54) is 6.07 Å². The molecule has 1 atom stereocenters. The monoisotopic (exact) mass is 456 g/mol. The molecule has 1 heterocycles. The van der Waals surface area contributed by atoms with Crippen molar-refractivity contribution >= 4 is 41.5 Å². The van der Waals surface area contributed by atoms with Crippen molar-refractivity contribution in [1.29, 1.82) is 5.26 Å². The summed E-state index contributed by atoms with van der Waals surface area (Å²) in [6.45, 7) is 0.556. The van der Waals surface area contributed by atoms with Crippen LogP contribution >= 0.6 is 0 Å². The summed E-state index contributed by atoms with van der Waals surface area (Å²) in [6.07, 6.45) is 0. The number of aromatic nitrogens is 1. The fourth-order valence-electron chi connectivity index (χ4n) is 3.42. The van der Waals surface area contributed by atoms with Gasteiger partial charge in [0.1, 0.15) is 0 Å². The molecule has 1 unspecified atom stereocenters. The van der Waals surface area contributed by atoms with Gasteiger partial charge in [0.2, 0.25) is 0 Å². The van der Waals surface area contributed by atoms with Gasteiger partial charge in [0.15, 0.2) is 0 Å². The number of carboxylic acid groups (broad SMARTS) is 1. The molecule has 0 aliphatic heterocycles. The van der Waals surface area contributed by atoms with E-state index in [0.29, 0.717) is 16.6 Å². The molecule has 6 heteroatoms. The van der Waals surface area contributed by atoms with E-state index >= 15 is 0 Å². The molecular formula is C24H17AsN2O3. The zero-order chi connectivity index (χ0) is 21.1. The van der Waals surface area contributed by atoms with Crippen LogP contribution in [-0.2, 0) is 6.54 Å². The second-order valence-electron chi connectivity index (χ2n) is 6.79. The number of hydrogen-bond acceptors (Lipinski definition) is 3. The molecule has 0 saturated heterocycles. The van der Waals surface area contributed by atoms with Gasteiger partial charge < -0.3 is 0 Å². The average Bonchev–Trinajstić information content (AvgIpc) is 3.13. The van der Waals surface area contributed by atoms with Crippen LogP contribution in [0.15, 0.2) is 78.9 Å². The van der Waals surface area contributed by atoms with Crippen molar-refractivity contribution < 1.29 is 14.7 Å². The van der Waals surface area contributed by atoms with Gasteiger partial charge in [-0.2, -0.15) is 0 Å². The predicted octanol–water partition coefficient (Wildman–Crippen LogP) is 3.16. The minimum atomic E-state index is -1.43. The Kier molecular flexibility index (Phi) is 5.52. The number of rotatable bonds is 6. The Balaban J connectivity index is 1.75. The minimum absolute atomic E-state index is 0.0353. The third-order valence-corrected chi connectivity index (χ3v) is 7.35. The second-order valence-corrected chi connectivity index (χ2v) is 9.40. The predicted molar refractivity (Wildman–Crippen MR) is 117 cm³/mol. The van der Waals surface area contributed by atoms with Crippen molar-refractivity contribution in [2.75, 3.05) is 0 Å². The van der Waals surface area contributed by atoms with Crippen LogP contribution in [0.4, 0.5) is 0 Å². The molecule has 0 amide bonds. The van der Waals surface area contributed by atoms with Crippen LogP contribution in [-0.4, -0.2) is 36.0 Å². The third kappa shape index (κ3) is 3.91. The standard InChI is InChI=1S/C24H17AsN2O3/c26-14-17-10-11-20(19(12-17)24(29)30)25-23(28)22-13-18-8-4-5-9-21(18)27(22)15-16-6-2-1-3-7-16/h1-13,25H,15H2,(H,29,30). The number of carbonyl (C=O) groups excluding carboxylic acids is 1. The van der Waals surface area contributed by atoms with Crippen LogP contribution in [0.2, 0.25) is 0 Å². The van der Waals surface area contributed by atoms with Gasteiger partial charge in [-0.3, -0.25) is 0 Å². The van der Waals surface area contributed by atoms with Crippen LogP contribution in [0.3, 0.4) is 0 Å². The number of carboxylic acids is 1. The number of benzene rings is 3. The van der Waals surface area contributed by atoms with Gasteiger partial charge in [-0.05, 0) is 0 Å². The van der Waals surface area contributed by atoms with Crippen molar-refractivity contribution in [2.24, 2.45) is 0 Å². The number of fused-ring (bicyclic) bond motifs is 1. The van der Waals surface area contributed by atoms with Crippen molar-refractivity contribution in [2.45, 2.75) is 6.54 Å². The van der Waals surface area contributed by atoms with E-state index in [1.54, 1.807) is 12.1 Å². The SMILES string of the molecule is N#Cc1ccc([AsH]C(=O)c2cc3ccccc3n2Cc2ccccc2)c(C(=O)O)c1. The van der Waals surface area contributed by atoms with Crippen LogP contribution < -0.4 is 4.35 Å². The fourth-order valence-corrected chi connectivity index (χ4v) is 5.65. The Morgan fingerprint density at radius 1 is 0.967 bits per heavy atom. The summed E-state index contributed by atoms with van der Waals surface area (Å²) >= 11 is -1.43. The van der Waals surface area contributed by atoms with E-state index in [-0.39, 0.29) is 15.7 Å². The van der Waals surface area contributed by atoms with Gasteiger partial charge in [-0.25, -0.2) is 0 Å². The molecule has 146 valence electrons. The number of aromatic carboxylic acids is 1. The van der Waals surface area contributed by atoms with Crippen molar-refractivity contribution in [3.8, 4) is 6.07 Å². The van der Waals surface area contributed by atoms with E-state index in [0.717, 1.165) is 16.5 Å². The number of hydrogen-bond donors (Lipinski definition) is 1. The Morgan fingerprint density at radius 2 is 1.70 bits per heavy atom. The van der Waals surface area contributed by atoms with Gasteiger partial charge in [-0.15, -0.1) is 0 Å². The Labute approximate surface area is 179 Å². The molecule has 0 bridgehead atoms. The molecule has 30 heavy (non-hydrogen) atoms. The van der Waals surface area contributed by atoms with Gasteiger partial charge in [0, 0.05) is 0 Å². The molecule has 4 rings (SSSR count). The fraction of sp³-hybridized carbons (Fsp3) is 0.0417. The molecule has 1 aromatic heterocycles. The van der Waals surface area contributed by atoms with Crippen LogP contribution in [0, 0.1) is 11.3 Å². The zero-order valence-electron chi connectivity index (χ0n) is 15.9. The van der Waals surface area contributed by atoms with Crippen molar-refractivity contribution in [1.82, 2.24) is 4.57 Å². The van der Waals surface area contributed by atoms with E-state index in [4.69, 9.17) is 5.26 Å². The number of carbonyl (C=O) groups is 2. The third-order valence-electron chi connectivity index (χ3n) is 4.85. The topological polar surface area (TPSA) is 83.1 Å². The molecule has 0 aliphatic rings. The van der Waals surface area contributed by atoms with Crippen LogP contribution in [0.5, 0.6) is 0 Å². The zero-order valence-corrected chi connectivity index (χ0v) is 18.0. The van der Waals surface area contributed by atoms with E-state index in [2.05, 4.69) is 0 Å². The van der Waals surface area contributed by atoms with Gasteiger partial charge >= 0.3 is 180 Å². The summed E-state index contributed by atoms with van der Waals surface area (Å²) in [5.74, 6) is -1.12. The Hall–Kier alpha value is -3.61. The Bertz CT molecular complexity index is 1300.